The molecule has 0 spiro atoms. The van der Waals surface area contributed by atoms with Crippen molar-refractivity contribution in [3.63, 3.8) is 0 Å². The van der Waals surface area contributed by atoms with E-state index in [4.69, 9.17) is 16.1 Å². The van der Waals surface area contributed by atoms with E-state index in [0.29, 0.717) is 16.6 Å². The van der Waals surface area contributed by atoms with Crippen LogP contribution in [0.5, 0.6) is 0 Å². The van der Waals surface area contributed by atoms with Gasteiger partial charge in [-0.05, 0) is 25.5 Å². The Balaban J connectivity index is 2.02. The van der Waals surface area contributed by atoms with E-state index in [9.17, 15) is 4.79 Å². The van der Waals surface area contributed by atoms with Crippen molar-refractivity contribution in [3.05, 3.63) is 35.4 Å². The highest BCUT2D eigenvalue weighted by atomic mass is 35.5. The maximum atomic E-state index is 11.6. The van der Waals surface area contributed by atoms with Gasteiger partial charge in [0.1, 0.15) is 5.69 Å². The SMILES string of the molecule is CCC(C)NC(=O)Nc1cc(-c2ccc(Cl)cc2)no1. The molecule has 1 heterocycles. The summed E-state index contributed by atoms with van der Waals surface area (Å²) in [5, 5.41) is 9.95. The smallest absolute Gasteiger partial charge is 0.321 e. The van der Waals surface area contributed by atoms with Gasteiger partial charge in [0.15, 0.2) is 0 Å². The molecular weight excluding hydrogens is 278 g/mol. The second-order valence-electron chi connectivity index (χ2n) is 4.49. The van der Waals surface area contributed by atoms with Crippen molar-refractivity contribution in [2.24, 2.45) is 0 Å². The van der Waals surface area contributed by atoms with Gasteiger partial charge in [0, 0.05) is 22.7 Å². The van der Waals surface area contributed by atoms with Gasteiger partial charge in [-0.25, -0.2) is 4.79 Å². The first-order valence-electron chi connectivity index (χ1n) is 6.38. The largest absolute Gasteiger partial charge is 0.338 e. The van der Waals surface area contributed by atoms with Crippen LogP contribution in [0.1, 0.15) is 20.3 Å². The van der Waals surface area contributed by atoms with Crippen molar-refractivity contribution < 1.29 is 9.32 Å². The summed E-state index contributed by atoms with van der Waals surface area (Å²) in [6, 6.07) is 8.68. The maximum absolute atomic E-state index is 11.6. The minimum absolute atomic E-state index is 0.105. The molecule has 1 aromatic heterocycles. The number of carbonyl (C=O) groups excluding carboxylic acids is 1. The van der Waals surface area contributed by atoms with E-state index in [1.54, 1.807) is 18.2 Å². The Morgan fingerprint density at radius 3 is 2.75 bits per heavy atom. The summed E-state index contributed by atoms with van der Waals surface area (Å²) < 4.78 is 5.08. The lowest BCUT2D eigenvalue weighted by atomic mass is 10.1. The van der Waals surface area contributed by atoms with Gasteiger partial charge in [-0.15, -0.1) is 0 Å². The van der Waals surface area contributed by atoms with Gasteiger partial charge in [-0.2, -0.15) is 0 Å². The molecule has 0 saturated heterocycles. The second-order valence-corrected chi connectivity index (χ2v) is 4.93. The summed E-state index contributed by atoms with van der Waals surface area (Å²) in [7, 11) is 0. The third-order valence-corrected chi connectivity index (χ3v) is 3.13. The minimum atomic E-state index is -0.307. The average Bonchev–Trinajstić information content (AvgIpc) is 2.87. The number of halogens is 1. The third kappa shape index (κ3) is 3.74. The number of anilines is 1. The number of rotatable bonds is 4. The summed E-state index contributed by atoms with van der Waals surface area (Å²) in [6.45, 7) is 3.93. The van der Waals surface area contributed by atoms with Crippen molar-refractivity contribution in [2.45, 2.75) is 26.3 Å². The molecule has 2 N–H and O–H groups in total. The van der Waals surface area contributed by atoms with Gasteiger partial charge in [-0.1, -0.05) is 35.8 Å². The van der Waals surface area contributed by atoms with Gasteiger partial charge in [0.25, 0.3) is 0 Å². The molecule has 2 rings (SSSR count). The van der Waals surface area contributed by atoms with Gasteiger partial charge in [-0.3, -0.25) is 5.32 Å². The Bertz CT molecular complexity index is 580. The van der Waals surface area contributed by atoms with Crippen LogP contribution in [0.3, 0.4) is 0 Å². The van der Waals surface area contributed by atoms with Gasteiger partial charge in [0.05, 0.1) is 0 Å². The van der Waals surface area contributed by atoms with Crippen LogP contribution >= 0.6 is 11.6 Å². The van der Waals surface area contributed by atoms with E-state index in [2.05, 4.69) is 15.8 Å². The molecule has 1 aromatic carbocycles. The number of hydrogen-bond acceptors (Lipinski definition) is 3. The van der Waals surface area contributed by atoms with Crippen molar-refractivity contribution in [3.8, 4) is 11.3 Å². The quantitative estimate of drug-likeness (QED) is 0.898. The fourth-order valence-electron chi connectivity index (χ4n) is 1.56. The molecule has 20 heavy (non-hydrogen) atoms. The molecule has 0 radical (unpaired) electrons. The summed E-state index contributed by atoms with van der Waals surface area (Å²) >= 11 is 5.83. The van der Waals surface area contributed by atoms with E-state index in [1.165, 1.54) is 0 Å². The van der Waals surface area contributed by atoms with Gasteiger partial charge >= 0.3 is 6.03 Å². The molecule has 6 heteroatoms. The molecule has 106 valence electrons. The van der Waals surface area contributed by atoms with E-state index in [-0.39, 0.29) is 12.1 Å². The van der Waals surface area contributed by atoms with Crippen LogP contribution in [0.2, 0.25) is 5.02 Å². The molecule has 2 amide bonds. The Kier molecular flexibility index (Phi) is 4.63. The molecule has 5 nitrogen and oxygen atoms in total. The first kappa shape index (κ1) is 14.4. The molecule has 0 aliphatic carbocycles. The third-order valence-electron chi connectivity index (χ3n) is 2.88. The molecule has 2 aromatic rings. The molecule has 1 atom stereocenters. The topological polar surface area (TPSA) is 67.2 Å². The molecule has 0 fully saturated rings. The number of hydrogen-bond donors (Lipinski definition) is 2. The summed E-state index contributed by atoms with van der Waals surface area (Å²) in [5.41, 5.74) is 1.51. The molecule has 0 aliphatic rings. The lowest BCUT2D eigenvalue weighted by molar-refractivity contribution is 0.248. The average molecular weight is 294 g/mol. The predicted molar refractivity (Wildman–Crippen MR) is 78.9 cm³/mol. The molecular formula is C14H16ClN3O2. The zero-order valence-corrected chi connectivity index (χ0v) is 12.1. The number of urea groups is 1. The van der Waals surface area contributed by atoms with Crippen molar-refractivity contribution in [1.82, 2.24) is 10.5 Å². The minimum Gasteiger partial charge on any atom is -0.338 e. The second kappa shape index (κ2) is 6.43. The number of nitrogens with zero attached hydrogens (tertiary/aromatic N) is 1. The molecule has 1 unspecified atom stereocenters. The van der Waals surface area contributed by atoms with E-state index in [0.717, 1.165) is 12.0 Å². The lowest BCUT2D eigenvalue weighted by Crippen LogP contribution is -2.35. The normalized spacial score (nSPS) is 11.9. The Hall–Kier alpha value is -2.01. The van der Waals surface area contributed by atoms with Crippen molar-refractivity contribution in [1.29, 1.82) is 0 Å². The van der Waals surface area contributed by atoms with E-state index >= 15 is 0 Å². The van der Waals surface area contributed by atoms with Crippen LogP contribution in [0, 0.1) is 0 Å². The fourth-order valence-corrected chi connectivity index (χ4v) is 1.69. The highest BCUT2D eigenvalue weighted by Crippen LogP contribution is 2.23. The number of aromatic nitrogens is 1. The van der Waals surface area contributed by atoms with Crippen molar-refractivity contribution in [2.75, 3.05) is 5.32 Å². The number of carbonyl (C=O) groups is 1. The fraction of sp³-hybridized carbons (Fsp3) is 0.286. The monoisotopic (exact) mass is 293 g/mol. The van der Waals surface area contributed by atoms with Gasteiger partial charge in [0.2, 0.25) is 5.88 Å². The predicted octanol–water partition coefficient (Wildman–Crippen LogP) is 3.92. The van der Waals surface area contributed by atoms with Crippen LogP contribution in [-0.4, -0.2) is 17.2 Å². The van der Waals surface area contributed by atoms with Crippen molar-refractivity contribution >= 4 is 23.5 Å². The first-order valence-corrected chi connectivity index (χ1v) is 6.76. The Morgan fingerprint density at radius 2 is 2.10 bits per heavy atom. The Labute approximate surface area is 122 Å². The van der Waals surface area contributed by atoms with Crippen LogP contribution in [-0.2, 0) is 0 Å². The zero-order chi connectivity index (χ0) is 14.5. The highest BCUT2D eigenvalue weighted by Gasteiger charge is 2.10. The summed E-state index contributed by atoms with van der Waals surface area (Å²) in [4.78, 5) is 11.6. The van der Waals surface area contributed by atoms with E-state index < -0.39 is 0 Å². The summed E-state index contributed by atoms with van der Waals surface area (Å²) in [5.74, 6) is 0.302. The first-order chi connectivity index (χ1) is 9.58. The van der Waals surface area contributed by atoms with Crippen LogP contribution in [0.25, 0.3) is 11.3 Å². The molecule has 0 saturated carbocycles. The molecule has 0 bridgehead atoms. The highest BCUT2D eigenvalue weighted by molar-refractivity contribution is 6.30. The standard InChI is InChI=1S/C14H16ClN3O2/c1-3-9(2)16-14(19)17-13-8-12(18-20-13)10-4-6-11(15)7-5-10/h4-9H,3H2,1-2H3,(H2,16,17,19). The molecule has 0 aliphatic heterocycles. The number of benzene rings is 1. The summed E-state index contributed by atoms with van der Waals surface area (Å²) in [6.07, 6.45) is 0.861. The van der Waals surface area contributed by atoms with Crippen LogP contribution in [0.15, 0.2) is 34.9 Å². The number of amides is 2. The number of nitrogens with one attached hydrogen (secondary N) is 2. The zero-order valence-electron chi connectivity index (χ0n) is 11.3. The Morgan fingerprint density at radius 1 is 1.40 bits per heavy atom. The van der Waals surface area contributed by atoms with Crippen LogP contribution < -0.4 is 10.6 Å². The lowest BCUT2D eigenvalue weighted by Gasteiger charge is -2.10. The van der Waals surface area contributed by atoms with E-state index in [1.807, 2.05) is 26.0 Å². The van der Waals surface area contributed by atoms with Crippen LogP contribution in [0.4, 0.5) is 10.7 Å². The maximum Gasteiger partial charge on any atom is 0.321 e. The van der Waals surface area contributed by atoms with Gasteiger partial charge < -0.3 is 9.84 Å².